The minimum atomic E-state index is -1.29. The monoisotopic (exact) mass is 752 g/mol. The fourth-order valence-electron chi connectivity index (χ4n) is 7.04. The molecule has 5 aromatic rings. The summed E-state index contributed by atoms with van der Waals surface area (Å²) in [6.07, 6.45) is 0.0820. The average molecular weight is 753 g/mol. The Balaban J connectivity index is 1.33. The van der Waals surface area contributed by atoms with Gasteiger partial charge in [-0.05, 0) is 43.9 Å². The molecule has 0 bridgehead atoms. The fourth-order valence-corrected chi connectivity index (χ4v) is 7.04. The van der Waals surface area contributed by atoms with Gasteiger partial charge in [-0.15, -0.1) is 0 Å². The number of aromatic amines is 2. The number of H-pyrrole nitrogens is 2. The second kappa shape index (κ2) is 19.7. The van der Waals surface area contributed by atoms with Crippen LogP contribution in [-0.4, -0.2) is 81.7 Å². The summed E-state index contributed by atoms with van der Waals surface area (Å²) in [5.41, 5.74) is 4.28. The number of fused-ring (bicyclic) bond motifs is 1. The molecule has 292 valence electrons. The molecule has 0 spiro atoms. The molecule has 7 unspecified atom stereocenters. The van der Waals surface area contributed by atoms with Crippen LogP contribution in [0.2, 0.25) is 0 Å². The lowest BCUT2D eigenvalue weighted by Crippen LogP contribution is -2.67. The van der Waals surface area contributed by atoms with Crippen molar-refractivity contribution in [3.63, 3.8) is 0 Å². The summed E-state index contributed by atoms with van der Waals surface area (Å²) in [5.74, 6) is -0.734. The number of imidazole rings is 1. The first kappa shape index (κ1) is 39.8. The van der Waals surface area contributed by atoms with Gasteiger partial charge in [-0.2, -0.15) is 0 Å². The molecule has 7 atom stereocenters. The number of aromatic nitrogens is 3. The molecule has 3 aromatic carbocycles. The highest BCUT2D eigenvalue weighted by molar-refractivity contribution is 5.85. The lowest BCUT2D eigenvalue weighted by Gasteiger charge is -2.48. The Morgan fingerprint density at radius 1 is 0.764 bits per heavy atom. The van der Waals surface area contributed by atoms with Crippen molar-refractivity contribution in [2.24, 2.45) is 0 Å². The van der Waals surface area contributed by atoms with E-state index in [1.54, 1.807) is 13.1 Å². The minimum Gasteiger partial charge on any atom is -0.451 e. The van der Waals surface area contributed by atoms with Gasteiger partial charge in [0, 0.05) is 48.9 Å². The van der Waals surface area contributed by atoms with Crippen LogP contribution in [0.5, 0.6) is 0 Å². The Hall–Kier alpha value is -4.85. The summed E-state index contributed by atoms with van der Waals surface area (Å²) >= 11 is 0. The zero-order valence-electron chi connectivity index (χ0n) is 31.7. The van der Waals surface area contributed by atoms with E-state index >= 15 is 0 Å². The van der Waals surface area contributed by atoms with Crippen molar-refractivity contribution in [1.29, 1.82) is 0 Å². The number of aliphatic hydroxyl groups excluding tert-OH is 1. The second-order valence-corrected chi connectivity index (χ2v) is 14.0. The number of amides is 1. The second-order valence-electron chi connectivity index (χ2n) is 14.0. The fraction of sp³-hybridized carbons (Fsp3) is 0.419. The van der Waals surface area contributed by atoms with Crippen LogP contribution in [0, 0.1) is 6.92 Å². The number of unbranched alkanes of at least 4 members (excludes halogenated alkanes) is 3. The highest BCUT2D eigenvalue weighted by Crippen LogP contribution is 2.37. The Kier molecular flexibility index (Phi) is 14.2. The van der Waals surface area contributed by atoms with Gasteiger partial charge in [0.2, 0.25) is 11.7 Å². The first-order chi connectivity index (χ1) is 26.8. The molecular weight excluding hydrogens is 700 g/mol. The summed E-state index contributed by atoms with van der Waals surface area (Å²) in [5, 5.41) is 16.2. The third-order valence-electron chi connectivity index (χ3n) is 9.86. The molecule has 1 fully saturated rings. The van der Waals surface area contributed by atoms with Gasteiger partial charge in [0.25, 0.3) is 0 Å². The largest absolute Gasteiger partial charge is 0.451 e. The van der Waals surface area contributed by atoms with Crippen LogP contribution in [0.15, 0.2) is 97.3 Å². The molecule has 2 aromatic heterocycles. The summed E-state index contributed by atoms with van der Waals surface area (Å²) < 4.78 is 33.0. The number of nitrogens with one attached hydrogen (secondary N) is 3. The maximum Gasteiger partial charge on any atom is 0.374 e. The van der Waals surface area contributed by atoms with Gasteiger partial charge in [0.1, 0.15) is 30.5 Å². The smallest absolute Gasteiger partial charge is 0.374 e. The van der Waals surface area contributed by atoms with E-state index in [1.165, 1.54) is 6.92 Å². The van der Waals surface area contributed by atoms with Crippen molar-refractivity contribution >= 4 is 22.8 Å². The van der Waals surface area contributed by atoms with E-state index in [2.05, 4.69) is 20.3 Å². The number of benzene rings is 3. The predicted octanol–water partition coefficient (Wildman–Crippen LogP) is 6.50. The molecule has 12 heteroatoms. The van der Waals surface area contributed by atoms with Crippen LogP contribution in [0.1, 0.15) is 78.6 Å². The highest BCUT2D eigenvalue weighted by atomic mass is 16.6. The van der Waals surface area contributed by atoms with Gasteiger partial charge < -0.3 is 44.1 Å². The summed E-state index contributed by atoms with van der Waals surface area (Å²) in [6, 6.07) is 27.3. The summed E-state index contributed by atoms with van der Waals surface area (Å²) in [6.45, 7) is 6.52. The molecule has 4 N–H and O–H groups in total. The lowest BCUT2D eigenvalue weighted by atomic mass is 9.83. The Morgan fingerprint density at radius 2 is 1.40 bits per heavy atom. The Labute approximate surface area is 321 Å². The summed E-state index contributed by atoms with van der Waals surface area (Å²) in [4.78, 5) is 35.6. The third kappa shape index (κ3) is 10.7. The number of ether oxygens (including phenoxy) is 5. The molecule has 0 radical (unpaired) electrons. The van der Waals surface area contributed by atoms with E-state index in [9.17, 15) is 14.7 Å². The SMILES string of the molecule is CC(=O)NCCCCCCOC1C(O)C(OC(C)c2c[nH]c3ccccc23)C(OC(=O)c2nc(C)c[nH]2)C(OCc2ccccc2)C1OCc1ccccc1. The molecule has 1 saturated carbocycles. The van der Waals surface area contributed by atoms with Crippen LogP contribution in [0.4, 0.5) is 0 Å². The maximum absolute atomic E-state index is 13.8. The number of carbonyl (C=O) groups excluding carboxylic acids is 2. The van der Waals surface area contributed by atoms with Crippen LogP contribution in [-0.2, 0) is 41.7 Å². The molecule has 12 nitrogen and oxygen atoms in total. The minimum absolute atomic E-state index is 0.0239. The number of hydrogen-bond donors (Lipinski definition) is 4. The van der Waals surface area contributed by atoms with Crippen molar-refractivity contribution < 1.29 is 38.4 Å². The number of esters is 1. The first-order valence-corrected chi connectivity index (χ1v) is 19.1. The van der Waals surface area contributed by atoms with Gasteiger partial charge in [0.05, 0.1) is 25.0 Å². The van der Waals surface area contributed by atoms with Gasteiger partial charge in [-0.1, -0.05) is 91.7 Å². The maximum atomic E-state index is 13.8. The van der Waals surface area contributed by atoms with Gasteiger partial charge in [-0.25, -0.2) is 9.78 Å². The van der Waals surface area contributed by atoms with Crippen molar-refractivity contribution in [2.45, 2.75) is 102 Å². The number of nitrogens with zero attached hydrogens (tertiary/aromatic N) is 1. The molecule has 1 aliphatic carbocycles. The average Bonchev–Trinajstić information content (AvgIpc) is 3.84. The molecule has 1 aliphatic rings. The summed E-state index contributed by atoms with van der Waals surface area (Å²) in [7, 11) is 0. The van der Waals surface area contributed by atoms with Gasteiger partial charge >= 0.3 is 5.97 Å². The van der Waals surface area contributed by atoms with Crippen LogP contribution >= 0.6 is 0 Å². The molecule has 2 heterocycles. The van der Waals surface area contributed by atoms with E-state index in [0.717, 1.165) is 53.3 Å². The predicted molar refractivity (Wildman–Crippen MR) is 207 cm³/mol. The van der Waals surface area contributed by atoms with E-state index in [4.69, 9.17) is 23.7 Å². The van der Waals surface area contributed by atoms with Crippen molar-refractivity contribution in [3.8, 4) is 0 Å². The Morgan fingerprint density at radius 3 is 2.05 bits per heavy atom. The first-order valence-electron chi connectivity index (χ1n) is 19.1. The molecule has 6 rings (SSSR count). The van der Waals surface area contributed by atoms with Gasteiger partial charge in [-0.3, -0.25) is 4.79 Å². The zero-order valence-corrected chi connectivity index (χ0v) is 31.7. The molecule has 0 saturated heterocycles. The normalized spacial score (nSPS) is 21.7. The topological polar surface area (TPSA) is 157 Å². The molecule has 55 heavy (non-hydrogen) atoms. The number of aliphatic hydroxyl groups is 1. The van der Waals surface area contributed by atoms with Gasteiger partial charge in [0.15, 0.2) is 6.10 Å². The standard InChI is InChI=1S/C43H52N4O8/c1-28-24-46-42(47-28)43(50)55-41-38(54-29(2)34-25-45-35-21-13-12-20-33(34)35)36(49)37(51-23-15-5-4-14-22-44-30(3)48)39(52-26-31-16-8-6-9-17-31)40(41)53-27-32-18-10-7-11-19-32/h6-13,16-21,24-25,29,36-41,45,49H,4-5,14-15,22-23,26-27H2,1-3H3,(H,44,48)(H,46,47). The van der Waals surface area contributed by atoms with E-state index in [-0.39, 0.29) is 24.9 Å². The lowest BCUT2D eigenvalue weighted by molar-refractivity contribution is -0.275. The number of aryl methyl sites for hydroxylation is 1. The highest BCUT2D eigenvalue weighted by Gasteiger charge is 2.55. The molecule has 1 amide bonds. The zero-order chi connectivity index (χ0) is 38.6. The van der Waals surface area contributed by atoms with Crippen molar-refractivity contribution in [3.05, 3.63) is 126 Å². The quantitative estimate of drug-likeness (QED) is 0.0546. The van der Waals surface area contributed by atoms with Crippen LogP contribution < -0.4 is 5.32 Å². The number of hydrogen-bond acceptors (Lipinski definition) is 9. The van der Waals surface area contributed by atoms with Crippen molar-refractivity contribution in [2.75, 3.05) is 13.2 Å². The van der Waals surface area contributed by atoms with Crippen LogP contribution in [0.25, 0.3) is 10.9 Å². The number of carbonyl (C=O) groups is 2. The number of para-hydroxylation sites is 1. The number of rotatable bonds is 19. The van der Waals surface area contributed by atoms with E-state index < -0.39 is 48.7 Å². The van der Waals surface area contributed by atoms with E-state index in [1.807, 2.05) is 98.0 Å². The molecule has 0 aliphatic heterocycles. The third-order valence-corrected chi connectivity index (χ3v) is 9.86. The Bertz CT molecular complexity index is 1930. The molecular formula is C43H52N4O8. The van der Waals surface area contributed by atoms with E-state index in [0.29, 0.717) is 18.8 Å². The van der Waals surface area contributed by atoms with Crippen molar-refractivity contribution in [1.82, 2.24) is 20.3 Å². The van der Waals surface area contributed by atoms with Crippen LogP contribution in [0.3, 0.4) is 0 Å².